The van der Waals surface area contributed by atoms with Crippen LogP contribution in [0.4, 0.5) is 0 Å². The summed E-state index contributed by atoms with van der Waals surface area (Å²) in [5.41, 5.74) is 0. The first kappa shape index (κ1) is 29.1. The summed E-state index contributed by atoms with van der Waals surface area (Å²) in [4.78, 5) is 0. The Balaban J connectivity index is 0. The molecule has 0 atom stereocenters. The largest absolute Gasteiger partial charge is 1.00 e. The normalized spacial score (nSPS) is 11.5. The summed E-state index contributed by atoms with van der Waals surface area (Å²) in [6.45, 7) is 8.86. The Bertz CT molecular complexity index is 243. The molecule has 0 saturated carbocycles. The van der Waals surface area contributed by atoms with Gasteiger partial charge in [-0.1, -0.05) is 87.6 Å². The molecule has 1 nitrogen and oxygen atoms in total. The van der Waals surface area contributed by atoms with Gasteiger partial charge < -0.3 is 21.5 Å². The molecule has 0 rings (SSSR count). The van der Waals surface area contributed by atoms with Crippen LogP contribution in [0.2, 0.25) is 0 Å². The predicted octanol–water partition coefficient (Wildman–Crippen LogP) is 5.11. The van der Waals surface area contributed by atoms with E-state index in [-0.39, 0.29) is 17.0 Å². The zero-order valence-corrected chi connectivity index (χ0v) is 21.5. The molecular weight excluding hydrogens is 450 g/mol. The average Bonchev–Trinajstić information content (AvgIpc) is 2.61. The zero-order chi connectivity index (χ0) is 18.6. The molecule has 0 aromatic heterocycles. The predicted molar refractivity (Wildman–Crippen MR) is 120 cm³/mol. The van der Waals surface area contributed by atoms with Crippen LogP contribution in [0.25, 0.3) is 0 Å². The molecule has 0 aliphatic carbocycles. The fourth-order valence-corrected chi connectivity index (χ4v) is 4.22. The summed E-state index contributed by atoms with van der Waals surface area (Å²) in [6.07, 6.45) is 22.8. The van der Waals surface area contributed by atoms with E-state index >= 15 is 0 Å². The highest BCUT2D eigenvalue weighted by molar-refractivity contribution is 9.09. The molecule has 0 aromatic carbocycles. The lowest BCUT2D eigenvalue weighted by Gasteiger charge is -2.35. The number of rotatable bonds is 20. The maximum Gasteiger partial charge on any atom is 0.0784 e. The van der Waals surface area contributed by atoms with Crippen molar-refractivity contribution in [2.24, 2.45) is 0 Å². The lowest BCUT2D eigenvalue weighted by atomic mass is 10.1. The van der Waals surface area contributed by atoms with Crippen LogP contribution in [0, 0.1) is 0 Å². The summed E-state index contributed by atoms with van der Waals surface area (Å²) < 4.78 is 1.34. The maximum atomic E-state index is 3.56. The van der Waals surface area contributed by atoms with E-state index in [1.54, 1.807) is 0 Å². The van der Waals surface area contributed by atoms with Crippen LogP contribution in [0.5, 0.6) is 0 Å². The molecule has 0 fully saturated rings. The molecule has 0 aliphatic rings. The van der Waals surface area contributed by atoms with Crippen molar-refractivity contribution in [3.63, 3.8) is 0 Å². The van der Waals surface area contributed by atoms with Gasteiger partial charge >= 0.3 is 0 Å². The summed E-state index contributed by atoms with van der Waals surface area (Å²) in [6, 6.07) is 0. The van der Waals surface area contributed by atoms with Gasteiger partial charge in [-0.25, -0.2) is 0 Å². The van der Waals surface area contributed by atoms with E-state index in [1.807, 2.05) is 0 Å². The third kappa shape index (κ3) is 19.7. The van der Waals surface area contributed by atoms with Crippen LogP contribution in [0.3, 0.4) is 0 Å². The minimum atomic E-state index is 0. The standard InChI is InChI=1S/C23H49BrN.BrH/c1-4-6-8-10-13-17-21-25(3,23-19-15-12-16-20-24)22-18-14-11-9-7-5-2;/h4-23H2,1-3H3;1H/q+1;/p-1. The molecule has 160 valence electrons. The van der Waals surface area contributed by atoms with Crippen LogP contribution in [-0.4, -0.2) is 36.5 Å². The maximum absolute atomic E-state index is 3.56. The van der Waals surface area contributed by atoms with E-state index in [4.69, 9.17) is 0 Å². The number of nitrogens with zero attached hydrogens (tertiary/aromatic N) is 1. The molecule has 0 spiro atoms. The van der Waals surface area contributed by atoms with Gasteiger partial charge in [-0.3, -0.25) is 0 Å². The summed E-state index contributed by atoms with van der Waals surface area (Å²) >= 11 is 3.56. The van der Waals surface area contributed by atoms with Gasteiger partial charge in [-0.15, -0.1) is 0 Å². The van der Waals surface area contributed by atoms with Crippen LogP contribution in [-0.2, 0) is 0 Å². The highest BCUT2D eigenvalue weighted by Crippen LogP contribution is 2.16. The molecule has 0 saturated heterocycles. The van der Waals surface area contributed by atoms with Gasteiger partial charge in [0.15, 0.2) is 0 Å². The molecular formula is C23H49Br2N. The van der Waals surface area contributed by atoms with Gasteiger partial charge in [-0.2, -0.15) is 0 Å². The molecule has 3 heteroatoms. The number of alkyl halides is 1. The molecule has 0 heterocycles. The van der Waals surface area contributed by atoms with E-state index < -0.39 is 0 Å². The Morgan fingerprint density at radius 3 is 1.15 bits per heavy atom. The van der Waals surface area contributed by atoms with E-state index in [1.165, 1.54) is 132 Å². The van der Waals surface area contributed by atoms with Crippen molar-refractivity contribution >= 4 is 15.9 Å². The first-order chi connectivity index (χ1) is 12.2. The Morgan fingerprint density at radius 1 is 0.500 bits per heavy atom. The minimum absolute atomic E-state index is 0. The average molecular weight is 499 g/mol. The first-order valence-electron chi connectivity index (χ1n) is 11.6. The highest BCUT2D eigenvalue weighted by atomic mass is 79.9. The third-order valence-corrected chi connectivity index (χ3v) is 6.25. The van der Waals surface area contributed by atoms with E-state index in [2.05, 4.69) is 36.8 Å². The molecule has 0 aliphatic heterocycles. The van der Waals surface area contributed by atoms with E-state index in [0.717, 1.165) is 0 Å². The van der Waals surface area contributed by atoms with Crippen LogP contribution >= 0.6 is 15.9 Å². The van der Waals surface area contributed by atoms with Crippen LogP contribution in [0.15, 0.2) is 0 Å². The monoisotopic (exact) mass is 497 g/mol. The summed E-state index contributed by atoms with van der Waals surface area (Å²) in [5.74, 6) is 0. The van der Waals surface area contributed by atoms with Crippen molar-refractivity contribution in [1.82, 2.24) is 0 Å². The lowest BCUT2D eigenvalue weighted by Crippen LogP contribution is -3.00. The van der Waals surface area contributed by atoms with Crippen molar-refractivity contribution in [2.75, 3.05) is 32.0 Å². The minimum Gasteiger partial charge on any atom is -1.00 e. The second-order valence-electron chi connectivity index (χ2n) is 8.43. The van der Waals surface area contributed by atoms with Gasteiger partial charge in [-0.05, 0) is 44.9 Å². The van der Waals surface area contributed by atoms with Crippen molar-refractivity contribution in [1.29, 1.82) is 0 Å². The quantitative estimate of drug-likeness (QED) is 0.124. The van der Waals surface area contributed by atoms with Crippen molar-refractivity contribution in [2.45, 2.75) is 117 Å². The second kappa shape index (κ2) is 22.2. The topological polar surface area (TPSA) is 0 Å². The number of hydrogen-bond acceptors (Lipinski definition) is 0. The van der Waals surface area contributed by atoms with Gasteiger partial charge in [0.05, 0.1) is 26.7 Å². The Labute approximate surface area is 185 Å². The molecule has 0 aromatic rings. The number of hydrogen-bond donors (Lipinski definition) is 0. The SMILES string of the molecule is CCCCCCCC[N+](C)(CCCCCCBr)CCCCCCCC.[Br-]. The molecule has 0 amide bonds. The molecule has 26 heavy (non-hydrogen) atoms. The molecule has 0 unspecified atom stereocenters. The first-order valence-corrected chi connectivity index (χ1v) is 12.7. The fraction of sp³-hybridized carbons (Fsp3) is 1.00. The van der Waals surface area contributed by atoms with E-state index in [0.29, 0.717) is 0 Å². The number of unbranched alkanes of at least 4 members (excludes halogenated alkanes) is 13. The van der Waals surface area contributed by atoms with Crippen molar-refractivity contribution in [3.05, 3.63) is 0 Å². The van der Waals surface area contributed by atoms with Gasteiger partial charge in [0.25, 0.3) is 0 Å². The van der Waals surface area contributed by atoms with E-state index in [9.17, 15) is 0 Å². The van der Waals surface area contributed by atoms with Crippen molar-refractivity contribution < 1.29 is 21.5 Å². The molecule has 0 bridgehead atoms. The Hall–Kier alpha value is 0.920. The molecule has 0 N–H and O–H groups in total. The highest BCUT2D eigenvalue weighted by Gasteiger charge is 2.20. The number of quaternary nitrogens is 1. The fourth-order valence-electron chi connectivity index (χ4n) is 3.82. The van der Waals surface area contributed by atoms with Crippen LogP contribution < -0.4 is 17.0 Å². The van der Waals surface area contributed by atoms with Gasteiger partial charge in [0, 0.05) is 5.33 Å². The van der Waals surface area contributed by atoms with Gasteiger partial charge in [0.1, 0.15) is 0 Å². The van der Waals surface area contributed by atoms with Crippen molar-refractivity contribution in [3.8, 4) is 0 Å². The summed E-state index contributed by atoms with van der Waals surface area (Å²) in [7, 11) is 2.54. The smallest absolute Gasteiger partial charge is 0.0784 e. The molecule has 0 radical (unpaired) electrons. The van der Waals surface area contributed by atoms with Crippen LogP contribution in [0.1, 0.15) is 117 Å². The Kier molecular flexibility index (Phi) is 24.9. The lowest BCUT2D eigenvalue weighted by molar-refractivity contribution is -0.910. The number of halogens is 2. The third-order valence-electron chi connectivity index (χ3n) is 5.68. The Morgan fingerprint density at radius 2 is 0.808 bits per heavy atom. The second-order valence-corrected chi connectivity index (χ2v) is 9.22. The summed E-state index contributed by atoms with van der Waals surface area (Å²) in [5, 5.41) is 1.18. The van der Waals surface area contributed by atoms with Gasteiger partial charge in [0.2, 0.25) is 0 Å². The zero-order valence-electron chi connectivity index (χ0n) is 18.3.